The van der Waals surface area contributed by atoms with Crippen LogP contribution in [0.5, 0.6) is 6.01 Å². The highest BCUT2D eigenvalue weighted by Gasteiger charge is 2.11. The van der Waals surface area contributed by atoms with E-state index in [0.717, 1.165) is 19.3 Å². The Morgan fingerprint density at radius 3 is 2.83 bits per heavy atom. The van der Waals surface area contributed by atoms with Crippen LogP contribution >= 0.6 is 0 Å². The highest BCUT2D eigenvalue weighted by atomic mass is 16.5. The summed E-state index contributed by atoms with van der Waals surface area (Å²) in [5.74, 6) is 0.483. The first kappa shape index (κ1) is 12.4. The molecule has 2 rings (SSSR count). The number of nitrogens with two attached hydrogens (primary N) is 1. The average molecular weight is 250 g/mol. The Morgan fingerprint density at radius 2 is 2.17 bits per heavy atom. The highest BCUT2D eigenvalue weighted by molar-refractivity contribution is 5.81. The maximum absolute atomic E-state index is 7.87. The molecule has 18 heavy (non-hydrogen) atoms. The average Bonchev–Trinajstić information content (AvgIpc) is 2.76. The summed E-state index contributed by atoms with van der Waals surface area (Å²) in [4.78, 5) is 11.1. The van der Waals surface area contributed by atoms with Gasteiger partial charge in [0.25, 0.3) is 6.01 Å². The van der Waals surface area contributed by atoms with Crippen molar-refractivity contribution in [3.05, 3.63) is 5.62 Å². The molecule has 0 amide bonds. The third-order valence-corrected chi connectivity index (χ3v) is 2.86. The number of hydrogen-bond donors (Lipinski definition) is 3. The Morgan fingerprint density at radius 1 is 1.39 bits per heavy atom. The van der Waals surface area contributed by atoms with Crippen LogP contribution in [0.4, 0.5) is 5.82 Å². The minimum atomic E-state index is 0.130. The van der Waals surface area contributed by atoms with Gasteiger partial charge in [-0.2, -0.15) is 9.97 Å². The molecule has 0 unspecified atom stereocenters. The lowest BCUT2D eigenvalue weighted by Gasteiger charge is -2.09. The van der Waals surface area contributed by atoms with Crippen LogP contribution in [0.1, 0.15) is 26.2 Å². The summed E-state index contributed by atoms with van der Waals surface area (Å²) in [6.45, 7) is 2.83. The maximum atomic E-state index is 7.87. The lowest BCUT2D eigenvalue weighted by Crippen LogP contribution is -2.26. The fourth-order valence-electron chi connectivity index (χ4n) is 1.86. The van der Waals surface area contributed by atoms with E-state index in [1.165, 1.54) is 7.11 Å². The van der Waals surface area contributed by atoms with Crippen LogP contribution in [0, 0.1) is 5.41 Å². The van der Waals surface area contributed by atoms with Crippen molar-refractivity contribution in [1.29, 1.82) is 5.41 Å². The first-order valence-electron chi connectivity index (χ1n) is 6.02. The van der Waals surface area contributed by atoms with Gasteiger partial charge in [-0.3, -0.25) is 9.98 Å². The molecule has 7 nitrogen and oxygen atoms in total. The predicted octanol–water partition coefficient (Wildman–Crippen LogP) is 1.02. The van der Waals surface area contributed by atoms with Crippen molar-refractivity contribution in [2.75, 3.05) is 12.8 Å². The number of nitrogens with zero attached hydrogens (tertiary/aromatic N) is 3. The summed E-state index contributed by atoms with van der Waals surface area (Å²) in [5.41, 5.74) is 7.22. The summed E-state index contributed by atoms with van der Waals surface area (Å²) in [6, 6.07) is 0.356. The zero-order valence-corrected chi connectivity index (χ0v) is 10.7. The van der Waals surface area contributed by atoms with Gasteiger partial charge in [-0.25, -0.2) is 0 Å². The lowest BCUT2D eigenvalue weighted by molar-refractivity contribution is 0.386. The molecule has 0 aliphatic heterocycles. The molecule has 0 radical (unpaired) electrons. The summed E-state index contributed by atoms with van der Waals surface area (Å²) < 4.78 is 6.69. The van der Waals surface area contributed by atoms with Gasteiger partial charge in [-0.1, -0.05) is 19.8 Å². The molecular formula is C11H18N6O. The first-order chi connectivity index (χ1) is 8.67. The van der Waals surface area contributed by atoms with E-state index in [9.17, 15) is 0 Å². The Balaban J connectivity index is 2.43. The van der Waals surface area contributed by atoms with E-state index in [1.807, 2.05) is 0 Å². The van der Waals surface area contributed by atoms with Gasteiger partial charge in [0.15, 0.2) is 5.65 Å². The molecule has 0 saturated heterocycles. The Labute approximate surface area is 105 Å². The molecule has 2 aromatic heterocycles. The topological polar surface area (TPSA) is 106 Å². The Hall–Kier alpha value is -2.05. The van der Waals surface area contributed by atoms with Crippen molar-refractivity contribution in [3.63, 3.8) is 0 Å². The zero-order valence-electron chi connectivity index (χ0n) is 10.7. The van der Waals surface area contributed by atoms with Gasteiger partial charge in [-0.05, 0) is 6.42 Å². The smallest absolute Gasteiger partial charge is 0.295 e. The molecule has 0 bridgehead atoms. The molecule has 98 valence electrons. The van der Waals surface area contributed by atoms with E-state index in [4.69, 9.17) is 15.9 Å². The number of ether oxygens (including phenoxy) is 1. The van der Waals surface area contributed by atoms with Crippen LogP contribution < -0.4 is 16.1 Å². The second-order valence-electron chi connectivity index (χ2n) is 4.12. The normalized spacial score (nSPS) is 11.0. The van der Waals surface area contributed by atoms with E-state index in [0.29, 0.717) is 29.5 Å². The zero-order chi connectivity index (χ0) is 13.1. The second-order valence-corrected chi connectivity index (χ2v) is 4.12. The van der Waals surface area contributed by atoms with Gasteiger partial charge in [-0.15, -0.1) is 0 Å². The van der Waals surface area contributed by atoms with Crippen LogP contribution in [-0.4, -0.2) is 26.6 Å². The molecule has 2 heterocycles. The summed E-state index contributed by atoms with van der Waals surface area (Å²) in [5, 5.41) is 7.87. The van der Waals surface area contributed by atoms with E-state index in [1.54, 1.807) is 4.57 Å². The third kappa shape index (κ3) is 2.15. The highest BCUT2D eigenvalue weighted by Crippen LogP contribution is 2.18. The number of aromatic amines is 1. The quantitative estimate of drug-likeness (QED) is 0.689. The number of aromatic nitrogens is 4. The van der Waals surface area contributed by atoms with E-state index < -0.39 is 0 Å². The number of methoxy groups -OCH3 is 1. The molecule has 0 spiro atoms. The number of rotatable bonds is 5. The SMILES string of the molecule is CCCCCn1c(N)c2[nH]c(OC)nc2nc1=N. The standard InChI is InChI=1S/C11H18N6O/c1-3-4-5-6-17-8(12)7-9(15-10(17)13)16-11(14-7)18-2/h3-6,12H2,1-2H3,(H2,13,14,15,16). The predicted molar refractivity (Wildman–Crippen MR) is 68.2 cm³/mol. The molecule has 0 aromatic carbocycles. The minimum Gasteiger partial charge on any atom is -0.468 e. The summed E-state index contributed by atoms with van der Waals surface area (Å²) in [7, 11) is 1.52. The maximum Gasteiger partial charge on any atom is 0.295 e. The van der Waals surface area contributed by atoms with E-state index in [2.05, 4.69) is 21.9 Å². The molecule has 4 N–H and O–H groups in total. The lowest BCUT2D eigenvalue weighted by atomic mass is 10.2. The number of H-pyrrole nitrogens is 1. The van der Waals surface area contributed by atoms with Gasteiger partial charge in [0.1, 0.15) is 11.3 Å². The molecular weight excluding hydrogens is 232 g/mol. The molecule has 0 fully saturated rings. The van der Waals surface area contributed by atoms with Crippen molar-refractivity contribution in [2.24, 2.45) is 0 Å². The molecule has 2 aromatic rings. The summed E-state index contributed by atoms with van der Waals surface area (Å²) in [6.07, 6.45) is 3.22. The Kier molecular flexibility index (Phi) is 3.50. The van der Waals surface area contributed by atoms with Gasteiger partial charge in [0.05, 0.1) is 7.11 Å². The van der Waals surface area contributed by atoms with Crippen LogP contribution in [0.15, 0.2) is 0 Å². The number of nitrogens with one attached hydrogen (secondary N) is 2. The van der Waals surface area contributed by atoms with Crippen LogP contribution in [0.25, 0.3) is 11.2 Å². The number of hydrogen-bond acceptors (Lipinski definition) is 5. The number of imidazole rings is 1. The Bertz CT molecular complexity index is 599. The number of nitrogen functional groups attached to an aromatic ring is 1. The second kappa shape index (κ2) is 5.07. The summed E-state index contributed by atoms with van der Waals surface area (Å²) >= 11 is 0. The van der Waals surface area contributed by atoms with Gasteiger partial charge >= 0.3 is 0 Å². The molecule has 0 aliphatic carbocycles. The van der Waals surface area contributed by atoms with Gasteiger partial charge < -0.3 is 15.5 Å². The molecule has 7 heteroatoms. The number of fused-ring (bicyclic) bond motifs is 1. The van der Waals surface area contributed by atoms with Gasteiger partial charge in [0.2, 0.25) is 5.62 Å². The van der Waals surface area contributed by atoms with Crippen molar-refractivity contribution in [1.82, 2.24) is 19.5 Å². The van der Waals surface area contributed by atoms with Crippen molar-refractivity contribution >= 4 is 17.0 Å². The van der Waals surface area contributed by atoms with Crippen molar-refractivity contribution in [2.45, 2.75) is 32.7 Å². The van der Waals surface area contributed by atoms with E-state index in [-0.39, 0.29) is 5.62 Å². The van der Waals surface area contributed by atoms with Crippen LogP contribution in [0.3, 0.4) is 0 Å². The van der Waals surface area contributed by atoms with Crippen LogP contribution in [-0.2, 0) is 6.54 Å². The molecule has 0 saturated carbocycles. The third-order valence-electron chi connectivity index (χ3n) is 2.86. The fraction of sp³-hybridized carbons (Fsp3) is 0.545. The minimum absolute atomic E-state index is 0.130. The van der Waals surface area contributed by atoms with Crippen LogP contribution in [0.2, 0.25) is 0 Å². The monoisotopic (exact) mass is 250 g/mol. The van der Waals surface area contributed by atoms with Gasteiger partial charge in [0, 0.05) is 6.54 Å². The molecule has 0 atom stereocenters. The van der Waals surface area contributed by atoms with Crippen molar-refractivity contribution < 1.29 is 4.74 Å². The number of anilines is 1. The number of unbranched alkanes of at least 4 members (excludes halogenated alkanes) is 2. The fourth-order valence-corrected chi connectivity index (χ4v) is 1.86. The van der Waals surface area contributed by atoms with Crippen molar-refractivity contribution in [3.8, 4) is 6.01 Å². The first-order valence-corrected chi connectivity index (χ1v) is 6.02. The van der Waals surface area contributed by atoms with E-state index >= 15 is 0 Å². The molecule has 0 aliphatic rings. The largest absolute Gasteiger partial charge is 0.468 e.